The van der Waals surface area contributed by atoms with Crippen LogP contribution in [0.5, 0.6) is 0 Å². The van der Waals surface area contributed by atoms with E-state index in [1.54, 1.807) is 46.0 Å². The second kappa shape index (κ2) is 6.67. The van der Waals surface area contributed by atoms with Crippen LogP contribution in [-0.2, 0) is 11.3 Å². The van der Waals surface area contributed by atoms with Crippen LogP contribution in [-0.4, -0.2) is 34.4 Å². The van der Waals surface area contributed by atoms with Gasteiger partial charge in [0.05, 0.1) is 30.2 Å². The fraction of sp³-hybridized carbons (Fsp3) is 0.571. The van der Waals surface area contributed by atoms with E-state index in [-0.39, 0.29) is 6.61 Å². The molecule has 0 aliphatic heterocycles. The average Bonchev–Trinajstić information content (AvgIpc) is 2.37. The average molecular weight is 281 g/mol. The van der Waals surface area contributed by atoms with Crippen molar-refractivity contribution in [3.8, 4) is 0 Å². The maximum absolute atomic E-state index is 12.3. The third-order valence-electron chi connectivity index (χ3n) is 2.59. The molecule has 1 amide bonds. The van der Waals surface area contributed by atoms with Gasteiger partial charge in [-0.2, -0.15) is 0 Å². The number of hydrogen-bond acceptors (Lipinski definition) is 5. The highest BCUT2D eigenvalue weighted by Gasteiger charge is 2.27. The third kappa shape index (κ3) is 4.47. The van der Waals surface area contributed by atoms with E-state index in [1.807, 2.05) is 0 Å². The molecule has 1 unspecified atom stereocenters. The molecule has 1 atom stereocenters. The van der Waals surface area contributed by atoms with Crippen molar-refractivity contribution < 1.29 is 14.6 Å². The summed E-state index contributed by atoms with van der Waals surface area (Å²) in [5.74, 6) is 0. The lowest BCUT2D eigenvalue weighted by Crippen LogP contribution is -2.44. The normalized spacial score (nSPS) is 12.9. The SMILES string of the molecule is CC(CO)N(C(=O)OC(C)(C)C)c1ccc(CN)nc1. The minimum absolute atomic E-state index is 0.169. The number of carbonyl (C=O) groups is 1. The molecule has 0 radical (unpaired) electrons. The number of aliphatic hydroxyl groups is 1. The number of aliphatic hydroxyl groups excluding tert-OH is 1. The first-order valence-corrected chi connectivity index (χ1v) is 6.56. The van der Waals surface area contributed by atoms with Crippen molar-refractivity contribution in [2.24, 2.45) is 5.73 Å². The largest absolute Gasteiger partial charge is 0.443 e. The molecule has 0 saturated heterocycles. The van der Waals surface area contributed by atoms with Crippen molar-refractivity contribution in [2.75, 3.05) is 11.5 Å². The fourth-order valence-corrected chi connectivity index (χ4v) is 1.61. The number of carbonyl (C=O) groups excluding carboxylic acids is 1. The quantitative estimate of drug-likeness (QED) is 0.876. The van der Waals surface area contributed by atoms with Crippen LogP contribution in [0.1, 0.15) is 33.4 Å². The second-order valence-corrected chi connectivity index (χ2v) is 5.59. The van der Waals surface area contributed by atoms with Gasteiger partial charge in [0, 0.05) is 6.54 Å². The molecule has 0 aromatic carbocycles. The summed E-state index contributed by atoms with van der Waals surface area (Å²) >= 11 is 0. The Labute approximate surface area is 119 Å². The lowest BCUT2D eigenvalue weighted by Gasteiger charge is -2.30. The van der Waals surface area contributed by atoms with Crippen LogP contribution in [0.3, 0.4) is 0 Å². The minimum Gasteiger partial charge on any atom is -0.443 e. The molecule has 112 valence electrons. The Morgan fingerprint density at radius 3 is 2.55 bits per heavy atom. The molecule has 0 spiro atoms. The van der Waals surface area contributed by atoms with Gasteiger partial charge in [0.15, 0.2) is 0 Å². The molecule has 1 aromatic heterocycles. The molecular formula is C14H23N3O3. The summed E-state index contributed by atoms with van der Waals surface area (Å²) in [6, 6.07) is 3.08. The Balaban J connectivity index is 3.02. The molecule has 0 aliphatic rings. The maximum Gasteiger partial charge on any atom is 0.415 e. The van der Waals surface area contributed by atoms with Gasteiger partial charge < -0.3 is 15.6 Å². The Hall–Kier alpha value is -1.66. The Bertz CT molecular complexity index is 440. The molecule has 0 bridgehead atoms. The Morgan fingerprint density at radius 2 is 2.15 bits per heavy atom. The van der Waals surface area contributed by atoms with Crippen LogP contribution in [0, 0.1) is 0 Å². The van der Waals surface area contributed by atoms with Gasteiger partial charge in [-0.25, -0.2) is 4.79 Å². The van der Waals surface area contributed by atoms with Crippen LogP contribution >= 0.6 is 0 Å². The number of nitrogens with two attached hydrogens (primary N) is 1. The number of amides is 1. The number of rotatable bonds is 4. The number of ether oxygens (including phenoxy) is 1. The van der Waals surface area contributed by atoms with Gasteiger partial charge in [0.2, 0.25) is 0 Å². The molecule has 3 N–H and O–H groups in total. The highest BCUT2D eigenvalue weighted by Crippen LogP contribution is 2.20. The van der Waals surface area contributed by atoms with E-state index >= 15 is 0 Å². The van der Waals surface area contributed by atoms with Crippen molar-refractivity contribution in [2.45, 2.75) is 45.9 Å². The topological polar surface area (TPSA) is 88.7 Å². The summed E-state index contributed by atoms with van der Waals surface area (Å²) in [4.78, 5) is 17.8. The predicted molar refractivity (Wildman–Crippen MR) is 77.4 cm³/mol. The maximum atomic E-state index is 12.3. The third-order valence-corrected chi connectivity index (χ3v) is 2.59. The van der Waals surface area contributed by atoms with Crippen molar-refractivity contribution in [3.05, 3.63) is 24.0 Å². The van der Waals surface area contributed by atoms with E-state index in [1.165, 1.54) is 4.90 Å². The molecule has 6 nitrogen and oxygen atoms in total. The fourth-order valence-electron chi connectivity index (χ4n) is 1.61. The summed E-state index contributed by atoms with van der Waals surface area (Å²) in [5, 5.41) is 9.32. The van der Waals surface area contributed by atoms with Gasteiger partial charge in [0.25, 0.3) is 0 Å². The van der Waals surface area contributed by atoms with E-state index in [2.05, 4.69) is 4.98 Å². The van der Waals surface area contributed by atoms with Gasteiger partial charge >= 0.3 is 6.09 Å². The molecule has 1 aromatic rings. The molecule has 0 fully saturated rings. The first-order chi connectivity index (χ1) is 9.28. The first-order valence-electron chi connectivity index (χ1n) is 6.56. The van der Waals surface area contributed by atoms with Gasteiger partial charge in [-0.1, -0.05) is 0 Å². The Morgan fingerprint density at radius 1 is 1.50 bits per heavy atom. The molecule has 1 rings (SSSR count). The van der Waals surface area contributed by atoms with E-state index in [0.29, 0.717) is 12.2 Å². The zero-order valence-corrected chi connectivity index (χ0v) is 12.5. The van der Waals surface area contributed by atoms with Gasteiger partial charge in [0.1, 0.15) is 5.60 Å². The molecule has 0 saturated carbocycles. The highest BCUT2D eigenvalue weighted by atomic mass is 16.6. The van der Waals surface area contributed by atoms with Crippen molar-refractivity contribution in [3.63, 3.8) is 0 Å². The Kier molecular flexibility index (Phi) is 5.47. The molecule has 20 heavy (non-hydrogen) atoms. The summed E-state index contributed by atoms with van der Waals surface area (Å²) < 4.78 is 5.36. The standard InChI is InChI=1S/C14H23N3O3/c1-10(9-18)17(13(19)20-14(2,3)4)12-6-5-11(7-15)16-8-12/h5-6,8,10,18H,7,9,15H2,1-4H3. The monoisotopic (exact) mass is 281 g/mol. The first kappa shape index (κ1) is 16.4. The summed E-state index contributed by atoms with van der Waals surface area (Å²) in [7, 11) is 0. The van der Waals surface area contributed by atoms with Crippen LogP contribution < -0.4 is 10.6 Å². The van der Waals surface area contributed by atoms with Gasteiger partial charge in [-0.3, -0.25) is 9.88 Å². The minimum atomic E-state index is -0.602. The van der Waals surface area contributed by atoms with Crippen molar-refractivity contribution in [1.29, 1.82) is 0 Å². The van der Waals surface area contributed by atoms with E-state index in [4.69, 9.17) is 10.5 Å². The van der Waals surface area contributed by atoms with E-state index in [9.17, 15) is 9.90 Å². The number of anilines is 1. The van der Waals surface area contributed by atoms with Crippen molar-refractivity contribution >= 4 is 11.8 Å². The number of nitrogens with zero attached hydrogens (tertiary/aromatic N) is 2. The molecule has 6 heteroatoms. The van der Waals surface area contributed by atoms with Crippen LogP contribution in [0.25, 0.3) is 0 Å². The zero-order valence-electron chi connectivity index (χ0n) is 12.5. The zero-order chi connectivity index (χ0) is 15.3. The summed E-state index contributed by atoms with van der Waals surface area (Å²) in [5.41, 5.74) is 6.19. The van der Waals surface area contributed by atoms with Gasteiger partial charge in [-0.05, 0) is 39.8 Å². The van der Waals surface area contributed by atoms with Crippen LogP contribution in [0.4, 0.5) is 10.5 Å². The van der Waals surface area contributed by atoms with Crippen LogP contribution in [0.2, 0.25) is 0 Å². The lowest BCUT2D eigenvalue weighted by atomic mass is 10.2. The van der Waals surface area contributed by atoms with Gasteiger partial charge in [-0.15, -0.1) is 0 Å². The van der Waals surface area contributed by atoms with Crippen molar-refractivity contribution in [1.82, 2.24) is 4.98 Å². The predicted octanol–water partition coefficient (Wildman–Crippen LogP) is 1.66. The highest BCUT2D eigenvalue weighted by molar-refractivity contribution is 5.88. The molecule has 0 aliphatic carbocycles. The number of aromatic nitrogens is 1. The summed E-state index contributed by atoms with van der Waals surface area (Å²) in [6.07, 6.45) is 1.04. The molecular weight excluding hydrogens is 258 g/mol. The van der Waals surface area contributed by atoms with E-state index < -0.39 is 17.7 Å². The number of pyridine rings is 1. The lowest BCUT2D eigenvalue weighted by molar-refractivity contribution is 0.0555. The van der Waals surface area contributed by atoms with E-state index in [0.717, 1.165) is 5.69 Å². The van der Waals surface area contributed by atoms with Crippen LogP contribution in [0.15, 0.2) is 18.3 Å². The second-order valence-electron chi connectivity index (χ2n) is 5.59. The number of hydrogen-bond donors (Lipinski definition) is 2. The summed E-state index contributed by atoms with van der Waals surface area (Å²) in [6.45, 7) is 7.29. The smallest absolute Gasteiger partial charge is 0.415 e. The molecule has 1 heterocycles.